The second kappa shape index (κ2) is 9.27. The van der Waals surface area contributed by atoms with Crippen LogP contribution in [0, 0.1) is 13.8 Å². The zero-order valence-corrected chi connectivity index (χ0v) is 16.3. The third kappa shape index (κ3) is 5.01. The number of hydrogen-bond acceptors (Lipinski definition) is 3. The number of benzene rings is 2. The van der Waals surface area contributed by atoms with Gasteiger partial charge in [-0.15, -0.1) is 0 Å². The molecule has 2 aromatic rings. The molecule has 26 heavy (non-hydrogen) atoms. The highest BCUT2D eigenvalue weighted by molar-refractivity contribution is 5.81. The van der Waals surface area contributed by atoms with Gasteiger partial charge in [0.25, 0.3) is 5.91 Å². The molecule has 4 nitrogen and oxygen atoms in total. The summed E-state index contributed by atoms with van der Waals surface area (Å²) in [5.74, 6) is 1.33. The van der Waals surface area contributed by atoms with Gasteiger partial charge in [-0.1, -0.05) is 32.0 Å². The quantitative estimate of drug-likeness (QED) is 0.744. The van der Waals surface area contributed by atoms with E-state index in [9.17, 15) is 4.79 Å². The maximum absolute atomic E-state index is 12.7. The van der Waals surface area contributed by atoms with Gasteiger partial charge in [-0.05, 0) is 67.6 Å². The molecular weight excluding hydrogens is 326 g/mol. The average Bonchev–Trinajstić information content (AvgIpc) is 2.66. The summed E-state index contributed by atoms with van der Waals surface area (Å²) in [6.07, 6.45) is 0.901. The molecule has 0 spiro atoms. The van der Waals surface area contributed by atoms with Crippen molar-refractivity contribution in [3.63, 3.8) is 0 Å². The maximum atomic E-state index is 12.7. The number of carbonyl (C=O) groups is 1. The Hall–Kier alpha value is -2.49. The molecule has 1 N–H and O–H groups in total. The SMILES string of the molecule is CC[C@H](Oc1ccc(OC)cc1)C(=O)N[C@H](CC)c1ccc(C)c(C)c1. The van der Waals surface area contributed by atoms with Gasteiger partial charge in [-0.3, -0.25) is 4.79 Å². The van der Waals surface area contributed by atoms with Crippen LogP contribution in [0.2, 0.25) is 0 Å². The van der Waals surface area contributed by atoms with Crippen molar-refractivity contribution in [3.05, 3.63) is 59.2 Å². The van der Waals surface area contributed by atoms with Crippen LogP contribution in [0.1, 0.15) is 49.4 Å². The van der Waals surface area contributed by atoms with Crippen LogP contribution in [0.15, 0.2) is 42.5 Å². The standard InChI is InChI=1S/C22H29NO3/c1-6-20(17-9-8-15(3)16(4)14-17)23-22(24)21(7-2)26-19-12-10-18(25-5)11-13-19/h8-14,20-21H,6-7H2,1-5H3,(H,23,24)/t20-,21+/m1/s1. The summed E-state index contributed by atoms with van der Waals surface area (Å²) in [6.45, 7) is 8.21. The molecule has 0 saturated heterocycles. The highest BCUT2D eigenvalue weighted by Crippen LogP contribution is 2.22. The molecule has 0 fully saturated rings. The van der Waals surface area contributed by atoms with Gasteiger partial charge in [0.15, 0.2) is 6.10 Å². The van der Waals surface area contributed by atoms with E-state index in [1.165, 1.54) is 11.1 Å². The van der Waals surface area contributed by atoms with E-state index in [1.54, 1.807) is 7.11 Å². The van der Waals surface area contributed by atoms with Crippen LogP contribution < -0.4 is 14.8 Å². The van der Waals surface area contributed by atoms with Crippen LogP contribution in [0.5, 0.6) is 11.5 Å². The summed E-state index contributed by atoms with van der Waals surface area (Å²) in [6, 6.07) is 13.6. The summed E-state index contributed by atoms with van der Waals surface area (Å²) in [5.41, 5.74) is 3.61. The lowest BCUT2D eigenvalue weighted by molar-refractivity contribution is -0.128. The normalized spacial score (nSPS) is 13.0. The first-order valence-corrected chi connectivity index (χ1v) is 9.16. The van der Waals surface area contributed by atoms with E-state index in [-0.39, 0.29) is 11.9 Å². The summed E-state index contributed by atoms with van der Waals surface area (Å²) in [5, 5.41) is 3.13. The second-order valence-corrected chi connectivity index (χ2v) is 6.50. The van der Waals surface area contributed by atoms with Crippen LogP contribution in [-0.2, 0) is 4.79 Å². The van der Waals surface area contributed by atoms with Gasteiger partial charge in [0.1, 0.15) is 11.5 Å². The highest BCUT2D eigenvalue weighted by Gasteiger charge is 2.22. The second-order valence-electron chi connectivity index (χ2n) is 6.50. The van der Waals surface area contributed by atoms with Crippen LogP contribution >= 0.6 is 0 Å². The van der Waals surface area contributed by atoms with Crippen molar-refractivity contribution >= 4 is 5.91 Å². The Bertz CT molecular complexity index is 725. The number of rotatable bonds is 8. The first kappa shape index (κ1) is 19.8. The molecular formula is C22H29NO3. The van der Waals surface area contributed by atoms with Crippen molar-refractivity contribution in [3.8, 4) is 11.5 Å². The molecule has 2 rings (SSSR count). The van der Waals surface area contributed by atoms with Gasteiger partial charge < -0.3 is 14.8 Å². The topological polar surface area (TPSA) is 47.6 Å². The van der Waals surface area contributed by atoms with Crippen molar-refractivity contribution in [2.24, 2.45) is 0 Å². The number of aryl methyl sites for hydroxylation is 2. The molecule has 2 aromatic carbocycles. The van der Waals surface area contributed by atoms with Crippen LogP contribution in [0.25, 0.3) is 0 Å². The van der Waals surface area contributed by atoms with Gasteiger partial charge >= 0.3 is 0 Å². The number of carbonyl (C=O) groups excluding carboxylic acids is 1. The van der Waals surface area contributed by atoms with Gasteiger partial charge in [0, 0.05) is 0 Å². The van der Waals surface area contributed by atoms with E-state index in [4.69, 9.17) is 9.47 Å². The first-order valence-electron chi connectivity index (χ1n) is 9.16. The molecule has 2 atom stereocenters. The molecule has 0 heterocycles. The monoisotopic (exact) mass is 355 g/mol. The maximum Gasteiger partial charge on any atom is 0.261 e. The van der Waals surface area contributed by atoms with E-state index in [0.29, 0.717) is 12.2 Å². The highest BCUT2D eigenvalue weighted by atomic mass is 16.5. The van der Waals surface area contributed by atoms with Crippen LogP contribution in [0.4, 0.5) is 0 Å². The average molecular weight is 355 g/mol. The van der Waals surface area contributed by atoms with E-state index >= 15 is 0 Å². The fourth-order valence-corrected chi connectivity index (χ4v) is 2.81. The molecule has 140 valence electrons. The molecule has 0 aromatic heterocycles. The third-order valence-electron chi connectivity index (χ3n) is 4.66. The minimum atomic E-state index is -0.524. The van der Waals surface area contributed by atoms with E-state index < -0.39 is 6.10 Å². The lowest BCUT2D eigenvalue weighted by Crippen LogP contribution is -2.40. The molecule has 1 amide bonds. The molecule has 4 heteroatoms. The summed E-state index contributed by atoms with van der Waals surface area (Å²) >= 11 is 0. The minimum Gasteiger partial charge on any atom is -0.497 e. The number of hydrogen-bond donors (Lipinski definition) is 1. The van der Waals surface area contributed by atoms with Crippen LogP contribution in [0.3, 0.4) is 0 Å². The summed E-state index contributed by atoms with van der Waals surface area (Å²) in [7, 11) is 1.62. The molecule has 0 aliphatic carbocycles. The molecule has 0 bridgehead atoms. The van der Waals surface area contributed by atoms with Crippen LogP contribution in [-0.4, -0.2) is 19.1 Å². The number of ether oxygens (including phenoxy) is 2. The smallest absolute Gasteiger partial charge is 0.261 e. The van der Waals surface area contributed by atoms with E-state index in [1.807, 2.05) is 31.2 Å². The summed E-state index contributed by atoms with van der Waals surface area (Å²) < 4.78 is 11.0. The number of nitrogens with one attached hydrogen (secondary N) is 1. The van der Waals surface area contributed by atoms with Gasteiger partial charge in [0.2, 0.25) is 0 Å². The Morgan fingerprint density at radius 3 is 2.15 bits per heavy atom. The number of methoxy groups -OCH3 is 1. The Balaban J connectivity index is 2.06. The Kier molecular flexibility index (Phi) is 7.07. The van der Waals surface area contributed by atoms with Crippen molar-refractivity contribution in [2.45, 2.75) is 52.7 Å². The van der Waals surface area contributed by atoms with Gasteiger partial charge in [-0.2, -0.15) is 0 Å². The number of amides is 1. The lowest BCUT2D eigenvalue weighted by Gasteiger charge is -2.23. The van der Waals surface area contributed by atoms with Crippen molar-refractivity contribution in [1.29, 1.82) is 0 Å². The largest absolute Gasteiger partial charge is 0.497 e. The van der Waals surface area contributed by atoms with Gasteiger partial charge in [0.05, 0.1) is 13.2 Å². The first-order chi connectivity index (χ1) is 12.5. The zero-order chi connectivity index (χ0) is 19.1. The molecule has 0 radical (unpaired) electrons. The van der Waals surface area contributed by atoms with Crippen molar-refractivity contribution in [2.75, 3.05) is 7.11 Å². The van der Waals surface area contributed by atoms with Crippen molar-refractivity contribution in [1.82, 2.24) is 5.32 Å². The Morgan fingerprint density at radius 2 is 1.62 bits per heavy atom. The predicted molar refractivity (Wildman–Crippen MR) is 105 cm³/mol. The molecule has 0 aliphatic heterocycles. The van der Waals surface area contributed by atoms with E-state index in [2.05, 4.69) is 44.3 Å². The minimum absolute atomic E-state index is 0.0182. The van der Waals surface area contributed by atoms with Crippen molar-refractivity contribution < 1.29 is 14.3 Å². The fourth-order valence-electron chi connectivity index (χ4n) is 2.81. The Morgan fingerprint density at radius 1 is 0.962 bits per heavy atom. The lowest BCUT2D eigenvalue weighted by atomic mass is 9.99. The Labute approximate surface area is 156 Å². The molecule has 0 unspecified atom stereocenters. The zero-order valence-electron chi connectivity index (χ0n) is 16.3. The van der Waals surface area contributed by atoms with Gasteiger partial charge in [-0.25, -0.2) is 0 Å². The summed E-state index contributed by atoms with van der Waals surface area (Å²) in [4.78, 5) is 12.7. The third-order valence-corrected chi connectivity index (χ3v) is 4.66. The molecule has 0 aliphatic rings. The van der Waals surface area contributed by atoms with E-state index in [0.717, 1.165) is 17.7 Å². The fraction of sp³-hybridized carbons (Fsp3) is 0.409. The predicted octanol–water partition coefficient (Wildman–Crippen LogP) is 4.74. The molecule has 0 saturated carbocycles.